The Balaban J connectivity index is 1.36. The Morgan fingerprint density at radius 2 is 1.53 bits per heavy atom. The Hall–Kier alpha value is -2.55. The number of hydrogen-bond acceptors (Lipinski definition) is 3. The van der Waals surface area contributed by atoms with Crippen LogP contribution in [0.3, 0.4) is 0 Å². The Morgan fingerprint density at radius 1 is 0.853 bits per heavy atom. The quantitative estimate of drug-likeness (QED) is 0.129. The molecule has 3 rings (SSSR count). The van der Waals surface area contributed by atoms with E-state index in [0.717, 1.165) is 18.1 Å². The zero-order valence-electron chi connectivity index (χ0n) is 21.1. The van der Waals surface area contributed by atoms with Crippen LogP contribution in [0, 0.1) is 11.8 Å². The van der Waals surface area contributed by atoms with E-state index in [4.69, 9.17) is 9.47 Å². The maximum Gasteiger partial charge on any atom is 0.343 e. The molecule has 1 saturated carbocycles. The standard InChI is InChI=1S/C31H42O3/c1-3-5-7-10-26-12-14-27(15-13-26)11-8-24-33-29-22-18-28(19-23-29)31(32)34-30-20-16-25(17-21-30)9-6-4-2/h8,11,16-23,26-27H,3-7,9-10,12-15,24H2,1-2H3/b11-8+. The predicted octanol–water partition coefficient (Wildman–Crippen LogP) is 8.57. The van der Waals surface area contributed by atoms with Gasteiger partial charge in [-0.15, -0.1) is 0 Å². The van der Waals surface area contributed by atoms with Crippen LogP contribution in [0.4, 0.5) is 0 Å². The summed E-state index contributed by atoms with van der Waals surface area (Å²) in [5, 5.41) is 0. The molecule has 0 unspecified atom stereocenters. The monoisotopic (exact) mass is 462 g/mol. The van der Waals surface area contributed by atoms with Crippen molar-refractivity contribution < 1.29 is 14.3 Å². The van der Waals surface area contributed by atoms with Crippen LogP contribution in [-0.4, -0.2) is 12.6 Å². The van der Waals surface area contributed by atoms with Crippen molar-refractivity contribution in [2.45, 2.75) is 84.5 Å². The Labute approximate surface area is 206 Å². The molecule has 184 valence electrons. The van der Waals surface area contributed by atoms with Crippen LogP contribution in [0.5, 0.6) is 11.5 Å². The molecule has 0 bridgehead atoms. The SMILES string of the molecule is CCCCCC1CCC(/C=C/COc2ccc(C(=O)Oc3ccc(CCCC)cc3)cc2)CC1. The minimum Gasteiger partial charge on any atom is -0.490 e. The number of aryl methyl sites for hydroxylation is 1. The highest BCUT2D eigenvalue weighted by Crippen LogP contribution is 2.32. The Bertz CT molecular complexity index is 859. The first-order valence-corrected chi connectivity index (χ1v) is 13.4. The molecule has 2 aromatic carbocycles. The average molecular weight is 463 g/mol. The van der Waals surface area contributed by atoms with Gasteiger partial charge in [0.05, 0.1) is 5.56 Å². The van der Waals surface area contributed by atoms with Crippen molar-refractivity contribution in [1.29, 1.82) is 0 Å². The van der Waals surface area contributed by atoms with Crippen LogP contribution in [-0.2, 0) is 6.42 Å². The fourth-order valence-electron chi connectivity index (χ4n) is 4.70. The van der Waals surface area contributed by atoms with E-state index >= 15 is 0 Å². The van der Waals surface area contributed by atoms with Crippen LogP contribution in [0.25, 0.3) is 0 Å². The average Bonchev–Trinajstić information content (AvgIpc) is 2.87. The van der Waals surface area contributed by atoms with Crippen molar-refractivity contribution >= 4 is 5.97 Å². The van der Waals surface area contributed by atoms with Crippen molar-refractivity contribution in [2.75, 3.05) is 6.61 Å². The van der Waals surface area contributed by atoms with E-state index < -0.39 is 0 Å². The first kappa shape index (κ1) is 26.1. The number of rotatable bonds is 13. The normalized spacial score (nSPS) is 18.2. The summed E-state index contributed by atoms with van der Waals surface area (Å²) in [7, 11) is 0. The highest BCUT2D eigenvalue weighted by molar-refractivity contribution is 5.91. The highest BCUT2D eigenvalue weighted by Gasteiger charge is 2.18. The van der Waals surface area contributed by atoms with E-state index in [0.29, 0.717) is 23.8 Å². The molecule has 0 aliphatic heterocycles. The smallest absolute Gasteiger partial charge is 0.343 e. The molecule has 1 fully saturated rings. The van der Waals surface area contributed by atoms with Crippen LogP contribution in [0.1, 0.15) is 94.0 Å². The molecule has 34 heavy (non-hydrogen) atoms. The second-order valence-electron chi connectivity index (χ2n) is 9.68. The molecule has 3 nitrogen and oxygen atoms in total. The molecule has 1 aliphatic carbocycles. The highest BCUT2D eigenvalue weighted by atomic mass is 16.5. The van der Waals surface area contributed by atoms with E-state index in [1.54, 1.807) is 12.1 Å². The molecule has 3 heteroatoms. The third kappa shape index (κ3) is 9.00. The van der Waals surface area contributed by atoms with Crippen molar-refractivity contribution in [3.8, 4) is 11.5 Å². The first-order valence-electron chi connectivity index (χ1n) is 13.4. The summed E-state index contributed by atoms with van der Waals surface area (Å²) in [4.78, 5) is 12.4. The first-order chi connectivity index (χ1) is 16.7. The molecular weight excluding hydrogens is 420 g/mol. The van der Waals surface area contributed by atoms with E-state index in [1.165, 1.54) is 69.8 Å². The van der Waals surface area contributed by atoms with Crippen LogP contribution < -0.4 is 9.47 Å². The van der Waals surface area contributed by atoms with Crippen LogP contribution >= 0.6 is 0 Å². The Kier molecular flexibility index (Phi) is 11.2. The predicted molar refractivity (Wildman–Crippen MR) is 141 cm³/mol. The van der Waals surface area contributed by atoms with Crippen LogP contribution in [0.2, 0.25) is 0 Å². The van der Waals surface area contributed by atoms with Gasteiger partial charge in [0.2, 0.25) is 0 Å². The number of unbranched alkanes of at least 4 members (excludes halogenated alkanes) is 3. The van der Waals surface area contributed by atoms with Gasteiger partial charge in [-0.05, 0) is 92.3 Å². The van der Waals surface area contributed by atoms with Gasteiger partial charge in [-0.1, -0.05) is 70.2 Å². The molecule has 0 amide bonds. The lowest BCUT2D eigenvalue weighted by atomic mass is 9.79. The maximum atomic E-state index is 12.4. The third-order valence-corrected chi connectivity index (χ3v) is 6.90. The zero-order valence-corrected chi connectivity index (χ0v) is 21.1. The minimum atomic E-state index is -0.349. The van der Waals surface area contributed by atoms with Gasteiger partial charge in [0.15, 0.2) is 0 Å². The molecule has 0 radical (unpaired) electrons. The summed E-state index contributed by atoms with van der Waals surface area (Å²) in [6, 6.07) is 15.0. The molecule has 0 N–H and O–H groups in total. The number of benzene rings is 2. The topological polar surface area (TPSA) is 35.5 Å². The fourth-order valence-corrected chi connectivity index (χ4v) is 4.70. The van der Waals surface area contributed by atoms with Crippen molar-refractivity contribution in [3.63, 3.8) is 0 Å². The van der Waals surface area contributed by atoms with Crippen molar-refractivity contribution in [3.05, 3.63) is 71.8 Å². The lowest BCUT2D eigenvalue weighted by Crippen LogP contribution is -2.13. The number of allylic oxidation sites excluding steroid dienone is 1. The van der Waals surface area contributed by atoms with E-state index in [1.807, 2.05) is 36.4 Å². The summed E-state index contributed by atoms with van der Waals surface area (Å²) in [5.74, 6) is 2.64. The van der Waals surface area contributed by atoms with Crippen LogP contribution in [0.15, 0.2) is 60.7 Å². The van der Waals surface area contributed by atoms with Gasteiger partial charge >= 0.3 is 5.97 Å². The molecule has 0 atom stereocenters. The van der Waals surface area contributed by atoms with Gasteiger partial charge < -0.3 is 9.47 Å². The molecule has 0 saturated heterocycles. The second-order valence-corrected chi connectivity index (χ2v) is 9.68. The summed E-state index contributed by atoms with van der Waals surface area (Å²) in [5.41, 5.74) is 1.79. The number of carbonyl (C=O) groups excluding carboxylic acids is 1. The number of esters is 1. The van der Waals surface area contributed by atoms with Crippen molar-refractivity contribution in [2.24, 2.45) is 11.8 Å². The lowest BCUT2D eigenvalue weighted by Gasteiger charge is -2.26. The lowest BCUT2D eigenvalue weighted by molar-refractivity contribution is 0.0734. The minimum absolute atomic E-state index is 0.349. The van der Waals surface area contributed by atoms with Crippen molar-refractivity contribution in [1.82, 2.24) is 0 Å². The maximum absolute atomic E-state index is 12.4. The third-order valence-electron chi connectivity index (χ3n) is 6.90. The number of hydrogen-bond donors (Lipinski definition) is 0. The molecule has 0 spiro atoms. The Morgan fingerprint density at radius 3 is 2.21 bits per heavy atom. The van der Waals surface area contributed by atoms with Gasteiger partial charge in [0.25, 0.3) is 0 Å². The largest absolute Gasteiger partial charge is 0.490 e. The summed E-state index contributed by atoms with van der Waals surface area (Å²) in [6.07, 6.45) is 18.8. The molecule has 2 aromatic rings. The molecule has 1 aliphatic rings. The summed E-state index contributed by atoms with van der Waals surface area (Å²) >= 11 is 0. The second kappa shape index (κ2) is 14.7. The zero-order chi connectivity index (χ0) is 24.0. The number of carbonyl (C=O) groups is 1. The summed E-state index contributed by atoms with van der Waals surface area (Å²) < 4.78 is 11.4. The van der Waals surface area contributed by atoms with E-state index in [-0.39, 0.29) is 5.97 Å². The van der Waals surface area contributed by atoms with Gasteiger partial charge in [0.1, 0.15) is 18.1 Å². The van der Waals surface area contributed by atoms with Gasteiger partial charge in [0, 0.05) is 0 Å². The van der Waals surface area contributed by atoms with E-state index in [2.05, 4.69) is 26.0 Å². The molecular formula is C31H42O3. The summed E-state index contributed by atoms with van der Waals surface area (Å²) in [6.45, 7) is 5.02. The fraction of sp³-hybridized carbons (Fsp3) is 0.516. The molecule has 0 aromatic heterocycles. The van der Waals surface area contributed by atoms with E-state index in [9.17, 15) is 4.79 Å². The molecule has 0 heterocycles. The number of ether oxygens (including phenoxy) is 2. The van der Waals surface area contributed by atoms with Gasteiger partial charge in [-0.25, -0.2) is 4.79 Å². The van der Waals surface area contributed by atoms with Gasteiger partial charge in [-0.3, -0.25) is 0 Å². The van der Waals surface area contributed by atoms with Gasteiger partial charge in [-0.2, -0.15) is 0 Å².